The number of hydrogen-bond acceptors (Lipinski definition) is 3. The predicted molar refractivity (Wildman–Crippen MR) is 133 cm³/mol. The molecule has 34 heavy (non-hydrogen) atoms. The fourth-order valence-electron chi connectivity index (χ4n) is 5.13. The first-order valence-corrected chi connectivity index (χ1v) is 12.9. The topological polar surface area (TPSA) is 57.7 Å². The van der Waals surface area contributed by atoms with Crippen LogP contribution in [0.3, 0.4) is 0 Å². The van der Waals surface area contributed by atoms with Crippen molar-refractivity contribution in [2.24, 2.45) is 11.8 Å². The molecular weight excluding hydrogens is 444 g/mol. The highest BCUT2D eigenvalue weighted by molar-refractivity contribution is 7.85. The van der Waals surface area contributed by atoms with Crippen LogP contribution < -0.4 is 4.90 Å². The SMILES string of the molecule is C[C@@H]1C[C@@H](C)CN(C(=O)c2ccc3c(c2)N(Cc2ccccc2)C(=O)c2ccccc2[S@@]3=O)C1. The van der Waals surface area contributed by atoms with Crippen molar-refractivity contribution >= 4 is 28.3 Å². The molecule has 1 fully saturated rings. The van der Waals surface area contributed by atoms with Gasteiger partial charge in [-0.15, -0.1) is 0 Å². The highest BCUT2D eigenvalue weighted by Crippen LogP contribution is 2.36. The molecule has 2 heterocycles. The maximum Gasteiger partial charge on any atom is 0.259 e. The van der Waals surface area contributed by atoms with Crippen molar-refractivity contribution in [3.8, 4) is 0 Å². The molecule has 5 rings (SSSR count). The molecular formula is C28H28N2O3S. The second-order valence-corrected chi connectivity index (χ2v) is 10.9. The molecule has 0 saturated carbocycles. The molecule has 2 aliphatic rings. The van der Waals surface area contributed by atoms with E-state index in [0.29, 0.717) is 45.0 Å². The molecule has 3 aromatic rings. The van der Waals surface area contributed by atoms with E-state index >= 15 is 0 Å². The molecule has 3 aromatic carbocycles. The lowest BCUT2D eigenvalue weighted by molar-refractivity contribution is 0.0623. The summed E-state index contributed by atoms with van der Waals surface area (Å²) >= 11 is 0. The van der Waals surface area contributed by atoms with E-state index in [1.54, 1.807) is 47.4 Å². The summed E-state index contributed by atoms with van der Waals surface area (Å²) < 4.78 is 13.6. The summed E-state index contributed by atoms with van der Waals surface area (Å²) in [6.07, 6.45) is 1.12. The molecule has 5 nitrogen and oxygen atoms in total. The molecule has 174 valence electrons. The summed E-state index contributed by atoms with van der Waals surface area (Å²) in [7, 11) is -1.53. The highest BCUT2D eigenvalue weighted by Gasteiger charge is 2.33. The first-order valence-electron chi connectivity index (χ1n) is 11.7. The second-order valence-electron chi connectivity index (χ2n) is 9.48. The molecule has 0 spiro atoms. The zero-order valence-electron chi connectivity index (χ0n) is 19.4. The van der Waals surface area contributed by atoms with Crippen molar-refractivity contribution in [3.05, 3.63) is 89.5 Å². The van der Waals surface area contributed by atoms with Gasteiger partial charge in [-0.3, -0.25) is 9.59 Å². The number of carbonyl (C=O) groups excluding carboxylic acids is 2. The van der Waals surface area contributed by atoms with Crippen molar-refractivity contribution in [1.29, 1.82) is 0 Å². The fraction of sp³-hybridized carbons (Fsp3) is 0.286. The van der Waals surface area contributed by atoms with E-state index in [2.05, 4.69) is 13.8 Å². The van der Waals surface area contributed by atoms with Crippen LogP contribution >= 0.6 is 0 Å². The number of hydrogen-bond donors (Lipinski definition) is 0. The van der Waals surface area contributed by atoms with Crippen LogP contribution in [0.5, 0.6) is 0 Å². The smallest absolute Gasteiger partial charge is 0.259 e. The van der Waals surface area contributed by atoms with Crippen LogP contribution in [0.25, 0.3) is 0 Å². The average molecular weight is 473 g/mol. The lowest BCUT2D eigenvalue weighted by Crippen LogP contribution is -2.42. The monoisotopic (exact) mass is 472 g/mol. The van der Waals surface area contributed by atoms with Crippen LogP contribution in [0.15, 0.2) is 82.6 Å². The lowest BCUT2D eigenvalue weighted by atomic mass is 9.91. The van der Waals surface area contributed by atoms with E-state index in [9.17, 15) is 13.8 Å². The summed E-state index contributed by atoms with van der Waals surface area (Å²) in [6, 6.07) is 22.0. The number of anilines is 1. The molecule has 0 radical (unpaired) electrons. The van der Waals surface area contributed by atoms with Gasteiger partial charge in [-0.1, -0.05) is 56.3 Å². The largest absolute Gasteiger partial charge is 0.338 e. The van der Waals surface area contributed by atoms with Gasteiger partial charge in [-0.2, -0.15) is 0 Å². The zero-order chi connectivity index (χ0) is 23.8. The van der Waals surface area contributed by atoms with Crippen molar-refractivity contribution in [2.75, 3.05) is 18.0 Å². The quantitative estimate of drug-likeness (QED) is 0.531. The summed E-state index contributed by atoms with van der Waals surface area (Å²) in [4.78, 5) is 31.8. The van der Waals surface area contributed by atoms with Crippen molar-refractivity contribution in [2.45, 2.75) is 36.6 Å². The van der Waals surface area contributed by atoms with E-state index in [1.807, 2.05) is 35.2 Å². The Labute approximate surface area is 202 Å². The van der Waals surface area contributed by atoms with Crippen LogP contribution in [-0.2, 0) is 17.3 Å². The number of likely N-dealkylation sites (tertiary alicyclic amines) is 1. The van der Waals surface area contributed by atoms with E-state index in [4.69, 9.17) is 0 Å². The van der Waals surface area contributed by atoms with Gasteiger partial charge in [-0.25, -0.2) is 4.21 Å². The summed E-state index contributed by atoms with van der Waals surface area (Å²) in [5.41, 5.74) is 2.45. The van der Waals surface area contributed by atoms with Gasteiger partial charge in [0.15, 0.2) is 0 Å². The minimum Gasteiger partial charge on any atom is -0.338 e. The molecule has 6 heteroatoms. The second kappa shape index (κ2) is 9.18. The summed E-state index contributed by atoms with van der Waals surface area (Å²) in [5.74, 6) is 0.649. The van der Waals surface area contributed by atoms with Gasteiger partial charge in [0.1, 0.15) is 0 Å². The molecule has 0 aromatic heterocycles. The average Bonchev–Trinajstić information content (AvgIpc) is 2.93. The number of fused-ring (bicyclic) bond motifs is 2. The van der Waals surface area contributed by atoms with E-state index in [0.717, 1.165) is 25.1 Å². The number of piperidine rings is 1. The van der Waals surface area contributed by atoms with Gasteiger partial charge in [0, 0.05) is 18.7 Å². The van der Waals surface area contributed by atoms with Crippen molar-refractivity contribution < 1.29 is 13.8 Å². The highest BCUT2D eigenvalue weighted by atomic mass is 32.2. The van der Waals surface area contributed by atoms with Crippen LogP contribution in [0, 0.1) is 11.8 Å². The Morgan fingerprint density at radius 1 is 0.912 bits per heavy atom. The van der Waals surface area contributed by atoms with Gasteiger partial charge in [0.05, 0.1) is 38.4 Å². The molecule has 0 N–H and O–H groups in total. The first-order chi connectivity index (χ1) is 16.4. The Balaban J connectivity index is 1.60. The van der Waals surface area contributed by atoms with Gasteiger partial charge < -0.3 is 9.80 Å². The van der Waals surface area contributed by atoms with Crippen molar-refractivity contribution in [1.82, 2.24) is 4.90 Å². The number of rotatable bonds is 3. The van der Waals surface area contributed by atoms with E-state index in [-0.39, 0.29) is 11.8 Å². The number of benzene rings is 3. The van der Waals surface area contributed by atoms with Crippen LogP contribution in [-0.4, -0.2) is 34.0 Å². The Kier molecular flexibility index (Phi) is 6.09. The standard InChI is InChI=1S/C28H28N2O3S/c1-19-14-20(2)17-29(16-19)27(31)22-12-13-26-24(15-22)30(18-21-8-4-3-5-9-21)28(32)23-10-6-7-11-25(23)34(26)33/h3-13,15,19-20H,14,16-18H2,1-2H3/t19-,20-,34+/m1/s1. The Bertz CT molecular complexity index is 1260. The molecule has 2 aliphatic heterocycles. The lowest BCUT2D eigenvalue weighted by Gasteiger charge is -2.35. The van der Waals surface area contributed by atoms with Gasteiger partial charge >= 0.3 is 0 Å². The number of carbonyl (C=O) groups is 2. The van der Waals surface area contributed by atoms with E-state index < -0.39 is 10.8 Å². The first kappa shape index (κ1) is 22.5. The van der Waals surface area contributed by atoms with Gasteiger partial charge in [0.2, 0.25) is 0 Å². The minimum atomic E-state index is -1.53. The number of nitrogens with zero attached hydrogens (tertiary/aromatic N) is 2. The molecule has 0 unspecified atom stereocenters. The van der Waals surface area contributed by atoms with Crippen LogP contribution in [0.2, 0.25) is 0 Å². The van der Waals surface area contributed by atoms with Gasteiger partial charge in [0.25, 0.3) is 11.8 Å². The Hall–Kier alpha value is -3.25. The van der Waals surface area contributed by atoms with Crippen LogP contribution in [0.4, 0.5) is 5.69 Å². The normalized spacial score (nSPS) is 22.1. The predicted octanol–water partition coefficient (Wildman–Crippen LogP) is 5.13. The maximum atomic E-state index is 13.7. The third-order valence-electron chi connectivity index (χ3n) is 6.60. The maximum absolute atomic E-state index is 13.7. The summed E-state index contributed by atoms with van der Waals surface area (Å²) in [6.45, 7) is 6.13. The van der Waals surface area contributed by atoms with Crippen molar-refractivity contribution in [3.63, 3.8) is 0 Å². The molecule has 0 aliphatic carbocycles. The van der Waals surface area contributed by atoms with Gasteiger partial charge in [-0.05, 0) is 54.2 Å². The van der Waals surface area contributed by atoms with E-state index in [1.165, 1.54) is 0 Å². The Morgan fingerprint density at radius 3 is 2.32 bits per heavy atom. The molecule has 1 saturated heterocycles. The third-order valence-corrected chi connectivity index (χ3v) is 8.10. The summed E-state index contributed by atoms with van der Waals surface area (Å²) in [5, 5.41) is 0. The molecule has 2 amide bonds. The minimum absolute atomic E-state index is 0.0409. The number of amides is 2. The fourth-order valence-corrected chi connectivity index (χ4v) is 6.48. The molecule has 0 bridgehead atoms. The third kappa shape index (κ3) is 4.18. The molecule has 3 atom stereocenters. The zero-order valence-corrected chi connectivity index (χ0v) is 20.3. The van der Waals surface area contributed by atoms with Crippen LogP contribution in [0.1, 0.15) is 46.5 Å². The Morgan fingerprint density at radius 2 is 1.59 bits per heavy atom.